The van der Waals surface area contributed by atoms with Crippen LogP contribution in [0.25, 0.3) is 0 Å². The molecule has 1 N–H and O–H groups in total. The number of unbranched alkanes of at least 4 members (excludes halogenated alkanes) is 2. The van der Waals surface area contributed by atoms with Crippen molar-refractivity contribution in [3.8, 4) is 0 Å². The number of ketones is 1. The molecule has 2 aliphatic rings. The monoisotopic (exact) mass is 192 g/mol. The number of benzene rings is 1. The molecule has 2 aliphatic carbocycles. The van der Waals surface area contributed by atoms with Crippen molar-refractivity contribution >= 4 is 5.78 Å². The third kappa shape index (κ3) is 2.67. The number of hydrogen-bond donors (Lipinski definition) is 1. The maximum absolute atomic E-state index is 10.7. The van der Waals surface area contributed by atoms with Crippen molar-refractivity contribution in [1.29, 1.82) is 0 Å². The van der Waals surface area contributed by atoms with E-state index < -0.39 is 0 Å². The van der Waals surface area contributed by atoms with Crippen LogP contribution in [-0.4, -0.2) is 17.5 Å². The quantitative estimate of drug-likeness (QED) is 0.758. The molecule has 0 atom stereocenters. The molecule has 14 heavy (non-hydrogen) atoms. The Morgan fingerprint density at radius 1 is 1.21 bits per heavy atom. The number of carbonyl (C=O) groups is 1. The number of fused-ring (bicyclic) bond motifs is 2. The van der Waals surface area contributed by atoms with Gasteiger partial charge in [0, 0.05) is 17.7 Å². The highest BCUT2D eigenvalue weighted by Gasteiger charge is 2.17. The summed E-state index contributed by atoms with van der Waals surface area (Å²) in [4.78, 5) is 10.7. The minimum atomic E-state index is 0.201. The van der Waals surface area contributed by atoms with Gasteiger partial charge in [-0.15, -0.1) is 0 Å². The second-order valence-corrected chi connectivity index (χ2v) is 3.34. The first kappa shape index (κ1) is 10.9. The first-order valence-electron chi connectivity index (χ1n) is 5.05. The molecule has 1 aromatic rings. The number of carbonyl (C=O) groups excluding carboxylic acids is 1. The Morgan fingerprint density at radius 2 is 1.86 bits per heavy atom. The van der Waals surface area contributed by atoms with Gasteiger partial charge in [0.15, 0.2) is 5.78 Å². The second-order valence-electron chi connectivity index (χ2n) is 3.34. The molecule has 2 bridgehead atoms. The van der Waals surface area contributed by atoms with Crippen molar-refractivity contribution in [2.75, 3.05) is 6.61 Å². The third-order valence-corrected chi connectivity index (χ3v) is 2.15. The summed E-state index contributed by atoms with van der Waals surface area (Å²) in [6.07, 6.45) is 3.33. The summed E-state index contributed by atoms with van der Waals surface area (Å²) in [6.45, 7) is 2.48. The molecule has 2 nitrogen and oxygen atoms in total. The Balaban J connectivity index is 0.000000149. The SMILES string of the molecule is CCCCCO.O=C1c2cccc1c2. The lowest BCUT2D eigenvalue weighted by Gasteiger charge is -2.10. The van der Waals surface area contributed by atoms with Crippen LogP contribution in [0.15, 0.2) is 24.3 Å². The average Bonchev–Trinajstić information content (AvgIpc) is 2.27. The highest BCUT2D eigenvalue weighted by Crippen LogP contribution is 2.19. The first-order chi connectivity index (χ1) is 6.79. The lowest BCUT2D eigenvalue weighted by Crippen LogP contribution is -2.10. The summed E-state index contributed by atoms with van der Waals surface area (Å²) in [5.74, 6) is 0.201. The van der Waals surface area contributed by atoms with Crippen LogP contribution < -0.4 is 0 Å². The van der Waals surface area contributed by atoms with Gasteiger partial charge in [-0.05, 0) is 12.5 Å². The van der Waals surface area contributed by atoms with E-state index >= 15 is 0 Å². The van der Waals surface area contributed by atoms with Gasteiger partial charge in [-0.1, -0.05) is 38.0 Å². The van der Waals surface area contributed by atoms with E-state index in [1.807, 2.05) is 24.3 Å². The highest BCUT2D eigenvalue weighted by atomic mass is 16.2. The molecule has 0 aliphatic heterocycles. The molecule has 0 fully saturated rings. The van der Waals surface area contributed by atoms with Crippen molar-refractivity contribution in [2.24, 2.45) is 0 Å². The van der Waals surface area contributed by atoms with Gasteiger partial charge >= 0.3 is 0 Å². The van der Waals surface area contributed by atoms with E-state index in [-0.39, 0.29) is 5.78 Å². The van der Waals surface area contributed by atoms with Crippen LogP contribution >= 0.6 is 0 Å². The Hall–Kier alpha value is -1.15. The van der Waals surface area contributed by atoms with Crippen LogP contribution in [0.4, 0.5) is 0 Å². The maximum Gasteiger partial charge on any atom is 0.193 e. The topological polar surface area (TPSA) is 37.3 Å². The van der Waals surface area contributed by atoms with E-state index in [4.69, 9.17) is 5.11 Å². The Kier molecular flexibility index (Phi) is 4.33. The summed E-state index contributed by atoms with van der Waals surface area (Å²) in [5, 5.41) is 8.20. The highest BCUT2D eigenvalue weighted by molar-refractivity contribution is 6.16. The molecule has 0 aromatic heterocycles. The molecule has 0 unspecified atom stereocenters. The number of aliphatic hydroxyl groups excluding tert-OH is 1. The summed E-state index contributed by atoms with van der Waals surface area (Å²) < 4.78 is 0. The summed E-state index contributed by atoms with van der Waals surface area (Å²) in [6, 6.07) is 7.44. The molecule has 76 valence electrons. The molecule has 0 spiro atoms. The zero-order valence-electron chi connectivity index (χ0n) is 8.49. The molecule has 1 aromatic carbocycles. The molecule has 2 heteroatoms. The smallest absolute Gasteiger partial charge is 0.193 e. The molecular formula is C12H16O2. The van der Waals surface area contributed by atoms with Gasteiger partial charge in [0.1, 0.15) is 0 Å². The van der Waals surface area contributed by atoms with Crippen LogP contribution in [0, 0.1) is 0 Å². The number of rotatable bonds is 3. The van der Waals surface area contributed by atoms with E-state index in [9.17, 15) is 4.79 Å². The van der Waals surface area contributed by atoms with Gasteiger partial charge in [0.2, 0.25) is 0 Å². The van der Waals surface area contributed by atoms with E-state index in [1.54, 1.807) is 0 Å². The fourth-order valence-electron chi connectivity index (χ4n) is 1.25. The van der Waals surface area contributed by atoms with Crippen LogP contribution in [0.3, 0.4) is 0 Å². The molecule has 0 radical (unpaired) electrons. The first-order valence-corrected chi connectivity index (χ1v) is 5.05. The second kappa shape index (κ2) is 5.55. The molecule has 0 saturated heterocycles. The zero-order chi connectivity index (χ0) is 10.4. The van der Waals surface area contributed by atoms with Gasteiger partial charge in [0.25, 0.3) is 0 Å². The average molecular weight is 192 g/mol. The maximum atomic E-state index is 10.7. The minimum absolute atomic E-state index is 0.201. The van der Waals surface area contributed by atoms with E-state index in [2.05, 4.69) is 6.92 Å². The van der Waals surface area contributed by atoms with Crippen molar-refractivity contribution in [1.82, 2.24) is 0 Å². The van der Waals surface area contributed by atoms with Crippen LogP contribution in [-0.2, 0) is 0 Å². The lowest BCUT2D eigenvalue weighted by atomic mass is 9.92. The summed E-state index contributed by atoms with van der Waals surface area (Å²) >= 11 is 0. The Labute approximate surface area is 84.6 Å². The third-order valence-electron chi connectivity index (χ3n) is 2.15. The van der Waals surface area contributed by atoms with E-state index in [1.165, 1.54) is 6.42 Å². The Bertz CT molecular complexity index is 272. The number of aliphatic hydroxyl groups is 1. The van der Waals surface area contributed by atoms with Gasteiger partial charge in [-0.3, -0.25) is 4.79 Å². The molecule has 0 amide bonds. The van der Waals surface area contributed by atoms with Crippen molar-refractivity contribution in [3.05, 3.63) is 35.4 Å². The minimum Gasteiger partial charge on any atom is -0.396 e. The number of hydrogen-bond acceptors (Lipinski definition) is 2. The van der Waals surface area contributed by atoms with Crippen molar-refractivity contribution < 1.29 is 9.90 Å². The summed E-state index contributed by atoms with van der Waals surface area (Å²) in [5.41, 5.74) is 1.70. The molecule has 0 saturated carbocycles. The zero-order valence-corrected chi connectivity index (χ0v) is 8.49. The molecular weight excluding hydrogens is 176 g/mol. The fourth-order valence-corrected chi connectivity index (χ4v) is 1.25. The molecule has 0 heterocycles. The van der Waals surface area contributed by atoms with Crippen molar-refractivity contribution in [3.63, 3.8) is 0 Å². The van der Waals surface area contributed by atoms with Crippen LogP contribution in [0.5, 0.6) is 0 Å². The van der Waals surface area contributed by atoms with E-state index in [0.717, 1.165) is 24.0 Å². The van der Waals surface area contributed by atoms with Gasteiger partial charge < -0.3 is 5.11 Å². The van der Waals surface area contributed by atoms with Crippen molar-refractivity contribution in [2.45, 2.75) is 26.2 Å². The normalized spacial score (nSPS) is 11.4. The van der Waals surface area contributed by atoms with Gasteiger partial charge in [-0.2, -0.15) is 0 Å². The predicted octanol–water partition coefficient (Wildman–Crippen LogP) is 2.40. The van der Waals surface area contributed by atoms with Gasteiger partial charge in [0.05, 0.1) is 0 Å². The van der Waals surface area contributed by atoms with Crippen LogP contribution in [0.2, 0.25) is 0 Å². The van der Waals surface area contributed by atoms with E-state index in [0.29, 0.717) is 6.61 Å². The Morgan fingerprint density at radius 3 is 2.07 bits per heavy atom. The standard InChI is InChI=1S/C7H4O.C5H12O/c8-7-5-2-1-3-6(7)4-5;1-2-3-4-5-6/h1-4H;6H,2-5H2,1H3. The largest absolute Gasteiger partial charge is 0.396 e. The lowest BCUT2D eigenvalue weighted by molar-refractivity contribution is 0.102. The van der Waals surface area contributed by atoms with Gasteiger partial charge in [-0.25, -0.2) is 0 Å². The van der Waals surface area contributed by atoms with Crippen LogP contribution in [0.1, 0.15) is 42.1 Å². The fraction of sp³-hybridized carbons (Fsp3) is 0.417. The predicted molar refractivity (Wildman–Crippen MR) is 56.5 cm³/mol. The molecule has 3 rings (SSSR count). The summed E-state index contributed by atoms with van der Waals surface area (Å²) in [7, 11) is 0.